The van der Waals surface area contributed by atoms with Crippen molar-refractivity contribution >= 4 is 24.7 Å². The van der Waals surface area contributed by atoms with Crippen LogP contribution in [0.5, 0.6) is 0 Å². The molecule has 5 nitrogen and oxygen atoms in total. The summed E-state index contributed by atoms with van der Waals surface area (Å²) in [6.07, 6.45) is -1.36. The molecule has 0 aliphatic heterocycles. The van der Waals surface area contributed by atoms with Gasteiger partial charge in [-0.1, -0.05) is 0 Å². The standard InChI is InChI=1S/C4H7NO4S/c6-3(7)2(1-10)5-4(8)9/h2,5,10H,1H2,(H,6,7)(H,8,9)/t2-/m0/s1. The van der Waals surface area contributed by atoms with Crippen LogP contribution in [0.3, 0.4) is 0 Å². The van der Waals surface area contributed by atoms with E-state index in [1.54, 1.807) is 5.32 Å². The predicted octanol–water partition coefficient (Wildman–Crippen LogP) is -0.363. The lowest BCUT2D eigenvalue weighted by molar-refractivity contribution is -0.138. The number of carboxylic acids is 1. The second kappa shape index (κ2) is 3.99. The van der Waals surface area contributed by atoms with E-state index < -0.39 is 18.1 Å². The van der Waals surface area contributed by atoms with Crippen LogP contribution in [0.1, 0.15) is 0 Å². The van der Waals surface area contributed by atoms with Gasteiger partial charge in [-0.25, -0.2) is 9.59 Å². The van der Waals surface area contributed by atoms with Crippen molar-refractivity contribution in [2.75, 3.05) is 5.75 Å². The molecule has 0 aliphatic rings. The summed E-state index contributed by atoms with van der Waals surface area (Å²) in [5.41, 5.74) is 0. The largest absolute Gasteiger partial charge is 0.480 e. The zero-order valence-electron chi connectivity index (χ0n) is 4.94. The van der Waals surface area contributed by atoms with E-state index in [4.69, 9.17) is 10.2 Å². The summed E-state index contributed by atoms with van der Waals surface area (Å²) >= 11 is 3.62. The average molecular weight is 165 g/mol. The third kappa shape index (κ3) is 3.18. The third-order valence-corrected chi connectivity index (χ3v) is 1.14. The molecular formula is C4H7NO4S. The molecule has 1 amide bonds. The van der Waals surface area contributed by atoms with Crippen molar-refractivity contribution in [2.24, 2.45) is 0 Å². The highest BCUT2D eigenvalue weighted by Crippen LogP contribution is 1.86. The minimum Gasteiger partial charge on any atom is -0.480 e. The van der Waals surface area contributed by atoms with Crippen LogP contribution in [-0.4, -0.2) is 34.1 Å². The van der Waals surface area contributed by atoms with E-state index in [-0.39, 0.29) is 5.75 Å². The molecule has 3 N–H and O–H groups in total. The van der Waals surface area contributed by atoms with Crippen molar-refractivity contribution in [3.63, 3.8) is 0 Å². The van der Waals surface area contributed by atoms with Gasteiger partial charge in [-0.3, -0.25) is 0 Å². The molecule has 10 heavy (non-hydrogen) atoms. The number of amides is 1. The van der Waals surface area contributed by atoms with E-state index in [9.17, 15) is 9.59 Å². The van der Waals surface area contributed by atoms with Crippen molar-refractivity contribution in [1.29, 1.82) is 0 Å². The molecule has 58 valence electrons. The Balaban J connectivity index is 3.83. The molecule has 0 radical (unpaired) electrons. The van der Waals surface area contributed by atoms with Crippen LogP contribution in [0.15, 0.2) is 0 Å². The van der Waals surface area contributed by atoms with Gasteiger partial charge in [-0.15, -0.1) is 0 Å². The number of rotatable bonds is 3. The summed E-state index contributed by atoms with van der Waals surface area (Å²) in [4.78, 5) is 20.0. The highest BCUT2D eigenvalue weighted by atomic mass is 32.1. The quantitative estimate of drug-likeness (QED) is 0.430. The van der Waals surface area contributed by atoms with Crippen molar-refractivity contribution < 1.29 is 19.8 Å². The van der Waals surface area contributed by atoms with Gasteiger partial charge in [0.2, 0.25) is 0 Å². The molecule has 0 bridgehead atoms. The third-order valence-electron chi connectivity index (χ3n) is 0.778. The van der Waals surface area contributed by atoms with E-state index in [1.807, 2.05) is 0 Å². The Bertz CT molecular complexity index is 148. The fourth-order valence-corrected chi connectivity index (χ4v) is 0.582. The molecule has 0 saturated heterocycles. The molecule has 0 aliphatic carbocycles. The summed E-state index contributed by atoms with van der Waals surface area (Å²) in [6.45, 7) is 0. The van der Waals surface area contributed by atoms with Crippen molar-refractivity contribution in [3.8, 4) is 0 Å². The van der Waals surface area contributed by atoms with Crippen LogP contribution in [0.4, 0.5) is 4.79 Å². The lowest BCUT2D eigenvalue weighted by Crippen LogP contribution is -2.41. The maximum Gasteiger partial charge on any atom is 0.405 e. The van der Waals surface area contributed by atoms with E-state index in [0.29, 0.717) is 0 Å². The molecular weight excluding hydrogens is 158 g/mol. The van der Waals surface area contributed by atoms with Gasteiger partial charge >= 0.3 is 12.1 Å². The van der Waals surface area contributed by atoms with E-state index in [0.717, 1.165) is 0 Å². The SMILES string of the molecule is O=C(O)N[C@@H](CS)C(=O)O. The van der Waals surface area contributed by atoms with E-state index >= 15 is 0 Å². The number of nitrogens with one attached hydrogen (secondary N) is 1. The molecule has 6 heteroatoms. The number of hydrogen-bond acceptors (Lipinski definition) is 3. The summed E-state index contributed by atoms with van der Waals surface area (Å²) in [5, 5.41) is 18.1. The number of carbonyl (C=O) groups is 2. The van der Waals surface area contributed by atoms with Gasteiger partial charge < -0.3 is 15.5 Å². The summed E-state index contributed by atoms with van der Waals surface area (Å²) in [7, 11) is 0. The first-order valence-corrected chi connectivity index (χ1v) is 3.04. The Labute approximate surface area is 62.5 Å². The van der Waals surface area contributed by atoms with Crippen LogP contribution in [-0.2, 0) is 4.79 Å². The predicted molar refractivity (Wildman–Crippen MR) is 36.4 cm³/mol. The minimum absolute atomic E-state index is 0.0539. The van der Waals surface area contributed by atoms with Crippen LogP contribution in [0.2, 0.25) is 0 Å². The fraction of sp³-hybridized carbons (Fsp3) is 0.500. The number of carboxylic acid groups (broad SMARTS) is 2. The Kier molecular flexibility index (Phi) is 3.63. The molecule has 0 saturated carbocycles. The molecule has 0 heterocycles. The molecule has 1 atom stereocenters. The average Bonchev–Trinajstić information content (AvgIpc) is 1.81. The number of hydrogen-bond donors (Lipinski definition) is 4. The van der Waals surface area contributed by atoms with Gasteiger partial charge in [0.25, 0.3) is 0 Å². The maximum atomic E-state index is 10.1. The van der Waals surface area contributed by atoms with Gasteiger partial charge in [-0.05, 0) is 0 Å². The Morgan fingerprint density at radius 1 is 1.50 bits per heavy atom. The first-order chi connectivity index (χ1) is 4.57. The minimum atomic E-state index is -1.36. The zero-order valence-corrected chi connectivity index (χ0v) is 5.84. The molecule has 0 spiro atoms. The molecule has 0 aromatic rings. The Hall–Kier alpha value is -0.910. The van der Waals surface area contributed by atoms with Gasteiger partial charge in [0.15, 0.2) is 0 Å². The topological polar surface area (TPSA) is 86.6 Å². The highest BCUT2D eigenvalue weighted by Gasteiger charge is 2.16. The second-order valence-corrected chi connectivity index (χ2v) is 1.89. The van der Waals surface area contributed by atoms with Crippen molar-refractivity contribution in [1.82, 2.24) is 5.32 Å². The molecule has 0 fully saturated rings. The molecule has 0 rings (SSSR count). The van der Waals surface area contributed by atoms with E-state index in [1.165, 1.54) is 0 Å². The van der Waals surface area contributed by atoms with Gasteiger partial charge in [0.1, 0.15) is 6.04 Å². The number of thiol groups is 1. The van der Waals surface area contributed by atoms with Gasteiger partial charge in [0, 0.05) is 5.75 Å². The van der Waals surface area contributed by atoms with Crippen molar-refractivity contribution in [3.05, 3.63) is 0 Å². The van der Waals surface area contributed by atoms with Gasteiger partial charge in [0.05, 0.1) is 0 Å². The van der Waals surface area contributed by atoms with Crippen LogP contribution < -0.4 is 5.32 Å². The lowest BCUT2D eigenvalue weighted by atomic mass is 10.3. The number of aliphatic carboxylic acids is 1. The van der Waals surface area contributed by atoms with E-state index in [2.05, 4.69) is 12.6 Å². The summed E-state index contributed by atoms with van der Waals surface area (Å²) in [5.74, 6) is -1.28. The fourth-order valence-electron chi connectivity index (χ4n) is 0.335. The molecule has 0 aromatic heterocycles. The van der Waals surface area contributed by atoms with Crippen LogP contribution in [0.25, 0.3) is 0 Å². The summed E-state index contributed by atoms with van der Waals surface area (Å²) in [6, 6.07) is -1.12. The second-order valence-electron chi connectivity index (χ2n) is 1.52. The lowest BCUT2D eigenvalue weighted by Gasteiger charge is -2.06. The Morgan fingerprint density at radius 3 is 2.10 bits per heavy atom. The highest BCUT2D eigenvalue weighted by molar-refractivity contribution is 7.80. The smallest absolute Gasteiger partial charge is 0.405 e. The Morgan fingerprint density at radius 2 is 2.00 bits per heavy atom. The monoisotopic (exact) mass is 165 g/mol. The first-order valence-electron chi connectivity index (χ1n) is 2.41. The van der Waals surface area contributed by atoms with Crippen LogP contribution in [0, 0.1) is 0 Å². The van der Waals surface area contributed by atoms with Gasteiger partial charge in [-0.2, -0.15) is 12.6 Å². The summed E-state index contributed by atoms with van der Waals surface area (Å²) < 4.78 is 0. The zero-order chi connectivity index (χ0) is 8.15. The normalized spacial score (nSPS) is 12.1. The molecule has 0 unspecified atom stereocenters. The van der Waals surface area contributed by atoms with Crippen LogP contribution >= 0.6 is 12.6 Å². The van der Waals surface area contributed by atoms with Crippen molar-refractivity contribution in [2.45, 2.75) is 6.04 Å². The maximum absolute atomic E-state index is 10.1. The first kappa shape index (κ1) is 9.09. The molecule has 0 aromatic carbocycles.